The summed E-state index contributed by atoms with van der Waals surface area (Å²) in [6, 6.07) is 16.2. The number of carbonyl (C=O) groups is 1. The van der Waals surface area contributed by atoms with Crippen molar-refractivity contribution in [3.05, 3.63) is 72.6 Å². The van der Waals surface area contributed by atoms with Crippen molar-refractivity contribution < 1.29 is 13.9 Å². The lowest BCUT2D eigenvalue weighted by Gasteiger charge is -2.04. The first-order valence-corrected chi connectivity index (χ1v) is 7.99. The summed E-state index contributed by atoms with van der Waals surface area (Å²) in [6.07, 6.45) is 3.16. The normalized spacial score (nSPS) is 10.7. The Morgan fingerprint density at radius 3 is 2.54 bits per heavy atom. The number of rotatable bonds is 4. The number of hydrogen-bond acceptors (Lipinski definition) is 5. The van der Waals surface area contributed by atoms with Crippen molar-refractivity contribution in [3.63, 3.8) is 0 Å². The molecule has 0 spiro atoms. The Morgan fingerprint density at radius 1 is 1.04 bits per heavy atom. The van der Waals surface area contributed by atoms with Gasteiger partial charge in [0, 0.05) is 35.3 Å². The van der Waals surface area contributed by atoms with Gasteiger partial charge in [0.25, 0.3) is 5.91 Å². The second-order valence-corrected chi connectivity index (χ2v) is 5.62. The molecule has 0 aliphatic carbocycles. The molecule has 2 heterocycles. The molecule has 26 heavy (non-hydrogen) atoms. The minimum absolute atomic E-state index is 0.207. The molecule has 0 saturated carbocycles. The quantitative estimate of drug-likeness (QED) is 0.601. The molecule has 0 radical (unpaired) electrons. The summed E-state index contributed by atoms with van der Waals surface area (Å²) in [4.78, 5) is 20.6. The Morgan fingerprint density at radius 2 is 1.81 bits per heavy atom. The van der Waals surface area contributed by atoms with Crippen molar-refractivity contribution >= 4 is 22.7 Å². The van der Waals surface area contributed by atoms with Crippen molar-refractivity contribution in [2.75, 3.05) is 12.4 Å². The number of pyridine rings is 1. The van der Waals surface area contributed by atoms with Gasteiger partial charge in [-0.3, -0.25) is 9.78 Å². The van der Waals surface area contributed by atoms with Crippen LogP contribution < -0.4 is 10.1 Å². The number of oxazole rings is 1. The van der Waals surface area contributed by atoms with Crippen LogP contribution in [0.15, 0.2) is 71.4 Å². The SMILES string of the molecule is COc1ccc(-c2nc3ccc(NC(=O)c4ccncc4)cc3o2)cc1. The van der Waals surface area contributed by atoms with Crippen LogP contribution in [0.4, 0.5) is 5.69 Å². The van der Waals surface area contributed by atoms with Crippen LogP contribution in [0.3, 0.4) is 0 Å². The van der Waals surface area contributed by atoms with Crippen molar-refractivity contribution in [2.45, 2.75) is 0 Å². The molecule has 4 rings (SSSR count). The van der Waals surface area contributed by atoms with Crippen molar-refractivity contribution in [3.8, 4) is 17.2 Å². The molecule has 4 aromatic rings. The molecule has 0 saturated heterocycles. The third-order valence-corrected chi connectivity index (χ3v) is 3.93. The topological polar surface area (TPSA) is 77.2 Å². The van der Waals surface area contributed by atoms with Gasteiger partial charge in [-0.2, -0.15) is 0 Å². The summed E-state index contributed by atoms with van der Waals surface area (Å²) in [5, 5.41) is 2.84. The third-order valence-electron chi connectivity index (χ3n) is 3.93. The second kappa shape index (κ2) is 6.68. The predicted octanol–water partition coefficient (Wildman–Crippen LogP) is 4.15. The summed E-state index contributed by atoms with van der Waals surface area (Å²) < 4.78 is 11.0. The Kier molecular flexibility index (Phi) is 4.07. The van der Waals surface area contributed by atoms with E-state index < -0.39 is 0 Å². The number of ether oxygens (including phenoxy) is 1. The van der Waals surface area contributed by atoms with E-state index in [1.165, 1.54) is 0 Å². The zero-order chi connectivity index (χ0) is 17.9. The highest BCUT2D eigenvalue weighted by Gasteiger charge is 2.11. The molecule has 1 amide bonds. The summed E-state index contributed by atoms with van der Waals surface area (Å²) in [5.41, 5.74) is 3.35. The van der Waals surface area contributed by atoms with Gasteiger partial charge in [0.1, 0.15) is 11.3 Å². The van der Waals surface area contributed by atoms with E-state index in [9.17, 15) is 4.79 Å². The first kappa shape index (κ1) is 15.8. The fourth-order valence-corrected chi connectivity index (χ4v) is 2.57. The number of amides is 1. The van der Waals surface area contributed by atoms with Crippen LogP contribution in [-0.4, -0.2) is 23.0 Å². The Hall–Kier alpha value is -3.67. The number of anilines is 1. The van der Waals surface area contributed by atoms with E-state index in [1.54, 1.807) is 43.8 Å². The fourth-order valence-electron chi connectivity index (χ4n) is 2.57. The maximum atomic E-state index is 12.2. The van der Waals surface area contributed by atoms with Gasteiger partial charge in [0.2, 0.25) is 5.89 Å². The van der Waals surface area contributed by atoms with Gasteiger partial charge in [-0.1, -0.05) is 0 Å². The number of nitrogens with zero attached hydrogens (tertiary/aromatic N) is 2. The predicted molar refractivity (Wildman–Crippen MR) is 98.2 cm³/mol. The highest BCUT2D eigenvalue weighted by atomic mass is 16.5. The molecule has 128 valence electrons. The highest BCUT2D eigenvalue weighted by Crippen LogP contribution is 2.27. The van der Waals surface area contributed by atoms with Crippen LogP contribution in [0.25, 0.3) is 22.6 Å². The standard InChI is InChI=1S/C20H15N3O3/c1-25-16-5-2-14(3-6-16)20-23-17-7-4-15(12-18(17)26-20)22-19(24)13-8-10-21-11-9-13/h2-12H,1H3,(H,22,24). The third kappa shape index (κ3) is 3.12. The highest BCUT2D eigenvalue weighted by molar-refractivity contribution is 6.04. The van der Waals surface area contributed by atoms with Gasteiger partial charge in [-0.15, -0.1) is 0 Å². The molecule has 2 aromatic heterocycles. The molecule has 2 aromatic carbocycles. The van der Waals surface area contributed by atoms with Crippen molar-refractivity contribution in [1.29, 1.82) is 0 Å². The smallest absolute Gasteiger partial charge is 0.255 e. The molecule has 0 fully saturated rings. The number of aromatic nitrogens is 2. The molecular formula is C20H15N3O3. The Labute approximate surface area is 149 Å². The van der Waals surface area contributed by atoms with Crippen LogP contribution in [0, 0.1) is 0 Å². The van der Waals surface area contributed by atoms with Crippen LogP contribution in [0.2, 0.25) is 0 Å². The number of benzene rings is 2. The molecular weight excluding hydrogens is 330 g/mol. The first-order valence-electron chi connectivity index (χ1n) is 7.99. The zero-order valence-corrected chi connectivity index (χ0v) is 14.0. The molecule has 0 aliphatic heterocycles. The maximum Gasteiger partial charge on any atom is 0.255 e. The largest absolute Gasteiger partial charge is 0.497 e. The van der Waals surface area contributed by atoms with E-state index in [1.807, 2.05) is 30.3 Å². The van der Waals surface area contributed by atoms with Crippen LogP contribution in [-0.2, 0) is 0 Å². The lowest BCUT2D eigenvalue weighted by molar-refractivity contribution is 0.102. The van der Waals surface area contributed by atoms with Crippen molar-refractivity contribution in [2.24, 2.45) is 0 Å². The minimum atomic E-state index is -0.207. The summed E-state index contributed by atoms with van der Waals surface area (Å²) in [6.45, 7) is 0. The molecule has 0 unspecified atom stereocenters. The van der Waals surface area contributed by atoms with Gasteiger partial charge in [-0.25, -0.2) is 4.98 Å². The van der Waals surface area contributed by atoms with E-state index in [4.69, 9.17) is 9.15 Å². The average molecular weight is 345 g/mol. The van der Waals surface area contributed by atoms with Crippen LogP contribution in [0.5, 0.6) is 5.75 Å². The first-order chi connectivity index (χ1) is 12.7. The monoisotopic (exact) mass is 345 g/mol. The second-order valence-electron chi connectivity index (χ2n) is 5.62. The number of fused-ring (bicyclic) bond motifs is 1. The molecule has 6 heteroatoms. The van der Waals surface area contributed by atoms with Gasteiger partial charge < -0.3 is 14.5 Å². The maximum absolute atomic E-state index is 12.2. The molecule has 1 N–H and O–H groups in total. The van der Waals surface area contributed by atoms with E-state index in [0.29, 0.717) is 22.7 Å². The molecule has 0 aliphatic rings. The lowest BCUT2D eigenvalue weighted by atomic mass is 10.2. The fraction of sp³-hybridized carbons (Fsp3) is 0.0500. The van der Waals surface area contributed by atoms with Gasteiger partial charge in [-0.05, 0) is 48.5 Å². The molecule has 0 atom stereocenters. The number of nitrogens with one attached hydrogen (secondary N) is 1. The molecule has 6 nitrogen and oxygen atoms in total. The lowest BCUT2D eigenvalue weighted by Crippen LogP contribution is -2.11. The van der Waals surface area contributed by atoms with E-state index in [-0.39, 0.29) is 5.91 Å². The van der Waals surface area contributed by atoms with E-state index >= 15 is 0 Å². The number of carbonyl (C=O) groups excluding carboxylic acids is 1. The van der Waals surface area contributed by atoms with Crippen LogP contribution in [0.1, 0.15) is 10.4 Å². The van der Waals surface area contributed by atoms with Crippen LogP contribution >= 0.6 is 0 Å². The Balaban J connectivity index is 1.60. The van der Waals surface area contributed by atoms with Gasteiger partial charge in [0.15, 0.2) is 5.58 Å². The Bertz CT molecular complexity index is 1060. The van der Waals surface area contributed by atoms with Gasteiger partial charge >= 0.3 is 0 Å². The summed E-state index contributed by atoms with van der Waals surface area (Å²) in [7, 11) is 1.62. The minimum Gasteiger partial charge on any atom is -0.497 e. The average Bonchev–Trinajstić information content (AvgIpc) is 3.12. The number of hydrogen-bond donors (Lipinski definition) is 1. The van der Waals surface area contributed by atoms with Gasteiger partial charge in [0.05, 0.1) is 7.11 Å². The van der Waals surface area contributed by atoms with E-state index in [0.717, 1.165) is 16.8 Å². The van der Waals surface area contributed by atoms with E-state index in [2.05, 4.69) is 15.3 Å². The summed E-state index contributed by atoms with van der Waals surface area (Å²) >= 11 is 0. The zero-order valence-electron chi connectivity index (χ0n) is 14.0. The summed E-state index contributed by atoms with van der Waals surface area (Å²) in [5.74, 6) is 1.08. The number of methoxy groups -OCH3 is 1. The van der Waals surface area contributed by atoms with Crippen molar-refractivity contribution in [1.82, 2.24) is 9.97 Å². The molecule has 0 bridgehead atoms.